The predicted octanol–water partition coefficient (Wildman–Crippen LogP) is 4.86. The fourth-order valence-corrected chi connectivity index (χ4v) is 4.60. The van der Waals surface area contributed by atoms with E-state index in [2.05, 4.69) is 37.2 Å². The second-order valence-electron chi connectivity index (χ2n) is 10.3. The minimum absolute atomic E-state index is 0.115. The average Bonchev–Trinajstić information content (AvgIpc) is 3.32. The average molecular weight is 529 g/mol. The first-order valence-corrected chi connectivity index (χ1v) is 12.8. The van der Waals surface area contributed by atoms with E-state index in [1.54, 1.807) is 46.1 Å². The fourth-order valence-electron chi connectivity index (χ4n) is 4.47. The topological polar surface area (TPSA) is 111 Å². The van der Waals surface area contributed by atoms with Crippen LogP contribution in [0.2, 0.25) is 5.02 Å². The molecule has 1 aromatic heterocycles. The van der Waals surface area contributed by atoms with Gasteiger partial charge in [-0.25, -0.2) is 9.79 Å². The van der Waals surface area contributed by atoms with Crippen LogP contribution in [0.5, 0.6) is 0 Å². The summed E-state index contributed by atoms with van der Waals surface area (Å²) in [5.41, 5.74) is 0.358. The van der Waals surface area contributed by atoms with Crippen molar-refractivity contribution in [3.05, 3.63) is 52.7 Å². The highest BCUT2D eigenvalue weighted by Crippen LogP contribution is 2.34. The number of amidine groups is 1. The minimum Gasteiger partial charge on any atom is -0.444 e. The van der Waals surface area contributed by atoms with Crippen LogP contribution in [-0.4, -0.2) is 66.7 Å². The van der Waals surface area contributed by atoms with Gasteiger partial charge in [0.25, 0.3) is 0 Å². The normalized spacial score (nSPS) is 16.6. The van der Waals surface area contributed by atoms with Crippen LogP contribution >= 0.6 is 11.6 Å². The summed E-state index contributed by atoms with van der Waals surface area (Å²) < 4.78 is 5.42. The molecular formula is C27H37ClN6O3. The summed E-state index contributed by atoms with van der Waals surface area (Å²) in [6.07, 6.45) is 2.29. The van der Waals surface area contributed by atoms with Crippen molar-refractivity contribution in [3.8, 4) is 0 Å². The van der Waals surface area contributed by atoms with Crippen molar-refractivity contribution >= 4 is 42.0 Å². The molecule has 0 unspecified atom stereocenters. The van der Waals surface area contributed by atoms with Gasteiger partial charge in [0.15, 0.2) is 0 Å². The molecule has 1 aromatic carbocycles. The molecule has 2 amide bonds. The molecule has 3 rings (SSSR count). The van der Waals surface area contributed by atoms with Gasteiger partial charge < -0.3 is 25.3 Å². The van der Waals surface area contributed by atoms with E-state index in [0.29, 0.717) is 36.8 Å². The van der Waals surface area contributed by atoms with Gasteiger partial charge in [-0.15, -0.1) is 0 Å². The lowest BCUT2D eigenvalue weighted by Crippen LogP contribution is -2.55. The van der Waals surface area contributed by atoms with E-state index in [1.165, 1.54) is 0 Å². The van der Waals surface area contributed by atoms with Gasteiger partial charge in [-0.1, -0.05) is 23.7 Å². The van der Waals surface area contributed by atoms with Crippen molar-refractivity contribution in [2.24, 2.45) is 15.4 Å². The number of ether oxygens (including phenoxy) is 1. The Balaban J connectivity index is 1.78. The molecule has 0 saturated carbocycles. The highest BCUT2D eigenvalue weighted by Gasteiger charge is 2.43. The largest absolute Gasteiger partial charge is 0.444 e. The molecule has 1 saturated heterocycles. The summed E-state index contributed by atoms with van der Waals surface area (Å²) in [6.45, 7) is 12.3. The number of nitrogens with zero attached hydrogens (tertiary/aromatic N) is 3. The van der Waals surface area contributed by atoms with Crippen molar-refractivity contribution < 1.29 is 14.3 Å². The van der Waals surface area contributed by atoms with Crippen LogP contribution in [0.15, 0.2) is 46.5 Å². The number of carbonyl (C=O) groups excluding carboxylic acids is 2. The smallest absolute Gasteiger partial charge is 0.407 e. The first kappa shape index (κ1) is 28.2. The second kappa shape index (κ2) is 11.8. The van der Waals surface area contributed by atoms with Gasteiger partial charge in [0.2, 0.25) is 5.91 Å². The van der Waals surface area contributed by atoms with E-state index < -0.39 is 17.1 Å². The third-order valence-corrected chi connectivity index (χ3v) is 6.78. The minimum atomic E-state index is -0.815. The second-order valence-corrected chi connectivity index (χ2v) is 10.8. The zero-order chi connectivity index (χ0) is 27.2. The standard InChI is InChI=1S/C27H37ClN6O3/c1-18(19-7-9-20(28)10-8-19)33-24(35)27(17-32-25(36)37-26(2,3)4)12-15-34(16-13-27)23(30-6)21-11-14-31-22(21)29-5/h7-11,14,18,31H,5,12-13,15-17H2,1-4,6H3,(H,32,36)(H,33,35)/b30-23+/t18-/m0/s1. The number of amides is 2. The number of carbonyl (C=O) groups is 2. The number of aliphatic imine (C=N–C) groups is 2. The van der Waals surface area contributed by atoms with Gasteiger partial charge in [-0.2, -0.15) is 0 Å². The third kappa shape index (κ3) is 7.13. The Bertz CT molecular complexity index is 1130. The SMILES string of the molecule is C=Nc1[nH]ccc1/C(=N\C)N1CCC(CNC(=O)OC(C)(C)C)(C(=O)N[C@@H](C)c2ccc(Cl)cc2)CC1. The monoisotopic (exact) mass is 528 g/mol. The molecule has 0 spiro atoms. The van der Waals surface area contributed by atoms with E-state index in [9.17, 15) is 9.59 Å². The maximum atomic E-state index is 13.7. The Hall–Kier alpha value is -3.33. The lowest BCUT2D eigenvalue weighted by atomic mass is 9.76. The van der Waals surface area contributed by atoms with Gasteiger partial charge in [-0.05, 0) is 71.0 Å². The lowest BCUT2D eigenvalue weighted by molar-refractivity contribution is -0.133. The first-order chi connectivity index (χ1) is 17.5. The molecule has 37 heavy (non-hydrogen) atoms. The van der Waals surface area contributed by atoms with Gasteiger partial charge in [0.1, 0.15) is 17.3 Å². The van der Waals surface area contributed by atoms with Gasteiger partial charge in [0.05, 0.1) is 17.0 Å². The number of aromatic nitrogens is 1. The Kier molecular flexibility index (Phi) is 9.02. The number of nitrogens with one attached hydrogen (secondary N) is 3. The van der Waals surface area contributed by atoms with Crippen LogP contribution in [0, 0.1) is 5.41 Å². The van der Waals surface area contributed by atoms with Crippen molar-refractivity contribution in [3.63, 3.8) is 0 Å². The Labute approximate surface area is 223 Å². The number of benzene rings is 1. The summed E-state index contributed by atoms with van der Waals surface area (Å²) in [4.78, 5) is 39.9. The van der Waals surface area contributed by atoms with Crippen LogP contribution in [0.25, 0.3) is 0 Å². The van der Waals surface area contributed by atoms with Crippen LogP contribution in [-0.2, 0) is 9.53 Å². The fraction of sp³-hybridized carbons (Fsp3) is 0.481. The summed E-state index contributed by atoms with van der Waals surface area (Å²) in [5, 5.41) is 6.63. The number of rotatable bonds is 7. The van der Waals surface area contributed by atoms with Crippen molar-refractivity contribution in [1.29, 1.82) is 0 Å². The maximum absolute atomic E-state index is 13.7. The Morgan fingerprint density at radius 3 is 2.43 bits per heavy atom. The molecule has 1 aliphatic rings. The van der Waals surface area contributed by atoms with E-state index in [-0.39, 0.29) is 18.5 Å². The molecule has 0 radical (unpaired) electrons. The highest BCUT2D eigenvalue weighted by molar-refractivity contribution is 6.30. The number of piperidine rings is 1. The molecule has 2 aromatic rings. The molecule has 10 heteroatoms. The van der Waals surface area contributed by atoms with Crippen molar-refractivity contribution in [2.45, 2.75) is 52.2 Å². The number of H-pyrrole nitrogens is 1. The summed E-state index contributed by atoms with van der Waals surface area (Å²) in [6, 6.07) is 9.09. The van der Waals surface area contributed by atoms with E-state index in [1.807, 2.05) is 25.1 Å². The van der Waals surface area contributed by atoms with Crippen molar-refractivity contribution in [1.82, 2.24) is 20.5 Å². The van der Waals surface area contributed by atoms with E-state index in [4.69, 9.17) is 16.3 Å². The number of alkyl carbamates (subject to hydrolysis) is 1. The molecule has 200 valence electrons. The van der Waals surface area contributed by atoms with E-state index >= 15 is 0 Å². The zero-order valence-corrected chi connectivity index (χ0v) is 23.0. The molecule has 2 heterocycles. The summed E-state index contributed by atoms with van der Waals surface area (Å²) in [5.74, 6) is 1.32. The number of halogens is 1. The number of hydrogen-bond donors (Lipinski definition) is 3. The summed E-state index contributed by atoms with van der Waals surface area (Å²) in [7, 11) is 1.74. The predicted molar refractivity (Wildman–Crippen MR) is 148 cm³/mol. The molecule has 0 bridgehead atoms. The van der Waals surface area contributed by atoms with Gasteiger partial charge in [-0.3, -0.25) is 9.79 Å². The molecule has 3 N–H and O–H groups in total. The first-order valence-electron chi connectivity index (χ1n) is 12.4. The molecule has 1 atom stereocenters. The highest BCUT2D eigenvalue weighted by atomic mass is 35.5. The zero-order valence-electron chi connectivity index (χ0n) is 22.2. The van der Waals surface area contributed by atoms with E-state index in [0.717, 1.165) is 17.0 Å². The number of likely N-dealkylation sites (tertiary alicyclic amines) is 1. The van der Waals surface area contributed by atoms with Crippen LogP contribution in [0.1, 0.15) is 57.7 Å². The molecule has 1 aliphatic heterocycles. The van der Waals surface area contributed by atoms with Crippen LogP contribution in [0.3, 0.4) is 0 Å². The van der Waals surface area contributed by atoms with Gasteiger partial charge >= 0.3 is 6.09 Å². The van der Waals surface area contributed by atoms with Crippen LogP contribution in [0.4, 0.5) is 10.6 Å². The molecule has 0 aliphatic carbocycles. The Morgan fingerprint density at radius 1 is 1.22 bits per heavy atom. The lowest BCUT2D eigenvalue weighted by Gasteiger charge is -2.42. The molecular weight excluding hydrogens is 492 g/mol. The number of hydrogen-bond acceptors (Lipinski definition) is 5. The number of aromatic amines is 1. The van der Waals surface area contributed by atoms with Crippen LogP contribution < -0.4 is 10.6 Å². The van der Waals surface area contributed by atoms with Crippen molar-refractivity contribution in [2.75, 3.05) is 26.7 Å². The quantitative estimate of drug-likeness (QED) is 0.352. The molecule has 9 nitrogen and oxygen atoms in total. The summed E-state index contributed by atoms with van der Waals surface area (Å²) >= 11 is 6.02. The molecule has 1 fully saturated rings. The maximum Gasteiger partial charge on any atom is 0.407 e. The third-order valence-electron chi connectivity index (χ3n) is 6.53. The Morgan fingerprint density at radius 2 is 1.86 bits per heavy atom. The van der Waals surface area contributed by atoms with Gasteiger partial charge in [0, 0.05) is 37.9 Å².